The van der Waals surface area contributed by atoms with Crippen LogP contribution >= 0.6 is 0 Å². The highest BCUT2D eigenvalue weighted by atomic mass is 32.2. The Bertz CT molecular complexity index is 569. The van der Waals surface area contributed by atoms with E-state index >= 15 is 0 Å². The van der Waals surface area contributed by atoms with Crippen molar-refractivity contribution >= 4 is 9.84 Å². The molecule has 1 aliphatic carbocycles. The molecule has 0 aromatic heterocycles. The van der Waals surface area contributed by atoms with Gasteiger partial charge in [0.15, 0.2) is 21.5 Å². The summed E-state index contributed by atoms with van der Waals surface area (Å²) < 4.78 is 50.6. The lowest BCUT2D eigenvalue weighted by molar-refractivity contribution is 0.404. The van der Waals surface area contributed by atoms with Crippen molar-refractivity contribution in [3.63, 3.8) is 0 Å². The summed E-state index contributed by atoms with van der Waals surface area (Å²) in [5.41, 5.74) is 0. The first kappa shape index (κ1) is 15.4. The molecule has 3 nitrogen and oxygen atoms in total. The predicted molar refractivity (Wildman–Crippen MR) is 73.2 cm³/mol. The van der Waals surface area contributed by atoms with Crippen LogP contribution in [0, 0.1) is 17.6 Å². The van der Waals surface area contributed by atoms with Crippen molar-refractivity contribution in [2.75, 3.05) is 12.8 Å². The van der Waals surface area contributed by atoms with Gasteiger partial charge < -0.3 is 5.32 Å². The Kier molecular flexibility index (Phi) is 4.75. The van der Waals surface area contributed by atoms with Crippen LogP contribution in [-0.2, 0) is 9.84 Å². The molecule has 0 bridgehead atoms. The van der Waals surface area contributed by atoms with Crippen molar-refractivity contribution in [3.05, 3.63) is 29.8 Å². The van der Waals surface area contributed by atoms with Crippen molar-refractivity contribution in [1.29, 1.82) is 0 Å². The smallest absolute Gasteiger partial charge is 0.180 e. The molecule has 1 aromatic carbocycles. The van der Waals surface area contributed by atoms with Crippen molar-refractivity contribution in [2.24, 2.45) is 5.92 Å². The first-order valence-electron chi connectivity index (χ1n) is 6.79. The molecule has 0 aliphatic heterocycles. The largest absolute Gasteiger partial charge is 0.316 e. The summed E-state index contributed by atoms with van der Waals surface area (Å²) >= 11 is 0. The van der Waals surface area contributed by atoms with Crippen LogP contribution in [0.25, 0.3) is 0 Å². The molecule has 0 heterocycles. The highest BCUT2D eigenvalue weighted by Gasteiger charge is 2.29. The van der Waals surface area contributed by atoms with Crippen LogP contribution in [0.1, 0.15) is 25.7 Å². The van der Waals surface area contributed by atoms with E-state index < -0.39 is 21.5 Å². The average Bonchev–Trinajstić information content (AvgIpc) is 2.93. The van der Waals surface area contributed by atoms with Crippen LogP contribution in [0.15, 0.2) is 23.1 Å². The molecule has 112 valence electrons. The number of halogens is 2. The number of benzene rings is 1. The quantitative estimate of drug-likeness (QED) is 0.850. The second-order valence-corrected chi connectivity index (χ2v) is 7.33. The van der Waals surface area contributed by atoms with Crippen LogP contribution in [0.4, 0.5) is 8.78 Å². The van der Waals surface area contributed by atoms with Gasteiger partial charge in [-0.25, -0.2) is 17.2 Å². The molecule has 1 N–H and O–H groups in total. The first-order valence-corrected chi connectivity index (χ1v) is 8.44. The molecular weight excluding hydrogens is 284 g/mol. The lowest BCUT2D eigenvalue weighted by Gasteiger charge is -2.22. The van der Waals surface area contributed by atoms with Crippen molar-refractivity contribution in [3.8, 4) is 0 Å². The van der Waals surface area contributed by atoms with Crippen LogP contribution in [0.2, 0.25) is 0 Å². The van der Waals surface area contributed by atoms with Gasteiger partial charge in [-0.2, -0.15) is 0 Å². The van der Waals surface area contributed by atoms with E-state index in [1.165, 1.54) is 0 Å². The molecule has 1 aliphatic rings. The molecule has 1 atom stereocenters. The molecule has 6 heteroatoms. The Labute approximate surface area is 118 Å². The minimum atomic E-state index is -3.62. The zero-order valence-corrected chi connectivity index (χ0v) is 12.2. The number of rotatable bonds is 5. The maximum atomic E-state index is 13.2. The molecule has 1 unspecified atom stereocenters. The molecule has 0 radical (unpaired) electrons. The van der Waals surface area contributed by atoms with Gasteiger partial charge >= 0.3 is 0 Å². The van der Waals surface area contributed by atoms with E-state index in [0.29, 0.717) is 5.92 Å². The molecule has 1 saturated carbocycles. The molecule has 20 heavy (non-hydrogen) atoms. The van der Waals surface area contributed by atoms with E-state index in [-0.39, 0.29) is 16.7 Å². The van der Waals surface area contributed by atoms with Gasteiger partial charge in [0.1, 0.15) is 0 Å². The lowest BCUT2D eigenvalue weighted by atomic mass is 10.0. The van der Waals surface area contributed by atoms with Crippen molar-refractivity contribution in [1.82, 2.24) is 5.32 Å². The van der Waals surface area contributed by atoms with Gasteiger partial charge in [0.25, 0.3) is 0 Å². The maximum Gasteiger partial charge on any atom is 0.180 e. The van der Waals surface area contributed by atoms with Gasteiger partial charge in [0.2, 0.25) is 0 Å². The Morgan fingerprint density at radius 2 is 1.90 bits per heavy atom. The minimum absolute atomic E-state index is 0.0841. The summed E-state index contributed by atoms with van der Waals surface area (Å²) in [5, 5.41) is 3.05. The normalized spacial score (nSPS) is 18.4. The topological polar surface area (TPSA) is 46.2 Å². The van der Waals surface area contributed by atoms with E-state index in [0.717, 1.165) is 43.9 Å². The van der Waals surface area contributed by atoms with E-state index in [2.05, 4.69) is 5.32 Å². The first-order chi connectivity index (χ1) is 9.44. The third kappa shape index (κ3) is 3.35. The van der Waals surface area contributed by atoms with Gasteiger partial charge in [-0.15, -0.1) is 0 Å². The zero-order chi connectivity index (χ0) is 14.8. The number of hydrogen-bond acceptors (Lipinski definition) is 3. The van der Waals surface area contributed by atoms with E-state index in [1.807, 2.05) is 0 Å². The second kappa shape index (κ2) is 6.18. The summed E-state index contributed by atoms with van der Waals surface area (Å²) in [6.07, 6.45) is 4.26. The highest BCUT2D eigenvalue weighted by Crippen LogP contribution is 2.29. The van der Waals surface area contributed by atoms with Crippen LogP contribution in [-0.4, -0.2) is 27.3 Å². The van der Waals surface area contributed by atoms with E-state index in [4.69, 9.17) is 0 Å². The Morgan fingerprint density at radius 1 is 1.25 bits per heavy atom. The summed E-state index contributed by atoms with van der Waals surface area (Å²) in [6.45, 7) is 0. The lowest BCUT2D eigenvalue weighted by Crippen LogP contribution is -2.38. The van der Waals surface area contributed by atoms with Crippen molar-refractivity contribution < 1.29 is 17.2 Å². The van der Waals surface area contributed by atoms with Gasteiger partial charge in [-0.3, -0.25) is 0 Å². The molecular formula is C14H19F2NO2S. The second-order valence-electron chi connectivity index (χ2n) is 5.30. The zero-order valence-electron chi connectivity index (χ0n) is 11.4. The third-order valence-electron chi connectivity index (χ3n) is 3.99. The third-order valence-corrected chi connectivity index (χ3v) is 5.76. The fourth-order valence-electron chi connectivity index (χ4n) is 2.82. The van der Waals surface area contributed by atoms with Gasteiger partial charge in [-0.1, -0.05) is 12.8 Å². The van der Waals surface area contributed by atoms with E-state index in [1.54, 1.807) is 7.05 Å². The fraction of sp³-hybridized carbons (Fsp3) is 0.571. The summed E-state index contributed by atoms with van der Waals surface area (Å²) in [7, 11) is -1.88. The van der Waals surface area contributed by atoms with Crippen LogP contribution in [0.3, 0.4) is 0 Å². The summed E-state index contributed by atoms with van der Waals surface area (Å²) in [4.78, 5) is -0.158. The summed E-state index contributed by atoms with van der Waals surface area (Å²) in [5.74, 6) is -1.92. The van der Waals surface area contributed by atoms with Crippen molar-refractivity contribution in [2.45, 2.75) is 36.6 Å². The maximum absolute atomic E-state index is 13.2. The van der Waals surface area contributed by atoms with Gasteiger partial charge in [0, 0.05) is 6.04 Å². The molecule has 0 spiro atoms. The van der Waals surface area contributed by atoms with Gasteiger partial charge in [0.05, 0.1) is 10.6 Å². The Balaban J connectivity index is 2.18. The molecule has 2 rings (SSSR count). The predicted octanol–water partition coefficient (Wildman–Crippen LogP) is 2.52. The number of sulfone groups is 1. The molecule has 0 amide bonds. The fourth-order valence-corrected chi connectivity index (χ4v) is 4.48. The van der Waals surface area contributed by atoms with Gasteiger partial charge in [-0.05, 0) is 44.0 Å². The van der Waals surface area contributed by atoms with Crippen LogP contribution < -0.4 is 5.32 Å². The van der Waals surface area contributed by atoms with E-state index in [9.17, 15) is 17.2 Å². The molecule has 1 aromatic rings. The monoisotopic (exact) mass is 303 g/mol. The standard InChI is InChI=1S/C14H19F2NO2S/c1-17-14(10-4-2-3-5-10)9-20(18,19)11-6-7-12(15)13(16)8-11/h6-8,10,14,17H,2-5,9H2,1H3. The summed E-state index contributed by atoms with van der Waals surface area (Å²) in [6, 6.07) is 2.59. The molecule has 1 fully saturated rings. The Hall–Kier alpha value is -1.01. The number of nitrogens with one attached hydrogen (secondary N) is 1. The Morgan fingerprint density at radius 3 is 2.45 bits per heavy atom. The minimum Gasteiger partial charge on any atom is -0.316 e. The molecule has 0 saturated heterocycles. The number of hydrogen-bond donors (Lipinski definition) is 1. The SMILES string of the molecule is CNC(CS(=O)(=O)c1ccc(F)c(F)c1)C1CCCC1. The van der Waals surface area contributed by atoms with Crippen LogP contribution in [0.5, 0.6) is 0 Å². The average molecular weight is 303 g/mol. The highest BCUT2D eigenvalue weighted by molar-refractivity contribution is 7.91.